The van der Waals surface area contributed by atoms with Crippen molar-refractivity contribution in [2.75, 3.05) is 6.54 Å². The van der Waals surface area contributed by atoms with Crippen LogP contribution in [0.2, 0.25) is 0 Å². The highest BCUT2D eigenvalue weighted by molar-refractivity contribution is 7.89. The zero-order valence-corrected chi connectivity index (χ0v) is 16.4. The maximum atomic E-state index is 13.3. The van der Waals surface area contributed by atoms with Crippen molar-refractivity contribution in [1.82, 2.24) is 4.31 Å². The van der Waals surface area contributed by atoms with Gasteiger partial charge in [0.1, 0.15) is 0 Å². The fourth-order valence-corrected chi connectivity index (χ4v) is 6.15. The van der Waals surface area contributed by atoms with Gasteiger partial charge in [-0.1, -0.05) is 48.9 Å². The molecule has 26 heavy (non-hydrogen) atoms. The number of rotatable bonds is 2. The quantitative estimate of drug-likeness (QED) is 0.788. The van der Waals surface area contributed by atoms with E-state index in [0.29, 0.717) is 11.4 Å². The molecule has 0 bridgehead atoms. The lowest BCUT2D eigenvalue weighted by Crippen LogP contribution is -2.46. The average Bonchev–Trinajstić information content (AvgIpc) is 2.64. The molecular formula is C22H25NO2S. The van der Waals surface area contributed by atoms with Crippen LogP contribution in [0.3, 0.4) is 0 Å². The van der Waals surface area contributed by atoms with E-state index in [1.807, 2.05) is 26.0 Å². The number of fused-ring (bicyclic) bond motifs is 2. The Hall–Kier alpha value is -1.91. The molecule has 2 aromatic carbocycles. The zero-order valence-electron chi connectivity index (χ0n) is 15.6. The summed E-state index contributed by atoms with van der Waals surface area (Å²) in [5.74, 6) is 0.197. The molecule has 0 fully saturated rings. The SMILES string of the molecule is Cc1ccc(S(=O)(=O)N2C[C@H](C)C3=C(CCc4ccccc43)[C@H]2C)cc1. The number of sulfonamides is 1. The molecule has 1 heterocycles. The van der Waals surface area contributed by atoms with E-state index < -0.39 is 10.0 Å². The van der Waals surface area contributed by atoms with Gasteiger partial charge < -0.3 is 0 Å². The molecule has 0 amide bonds. The number of benzene rings is 2. The van der Waals surface area contributed by atoms with Crippen LogP contribution in [0, 0.1) is 12.8 Å². The Balaban J connectivity index is 1.77. The summed E-state index contributed by atoms with van der Waals surface area (Å²) in [6.07, 6.45) is 1.93. The summed E-state index contributed by atoms with van der Waals surface area (Å²) in [6, 6.07) is 15.7. The summed E-state index contributed by atoms with van der Waals surface area (Å²) >= 11 is 0. The fourth-order valence-electron chi connectivity index (χ4n) is 4.44. The average molecular weight is 368 g/mol. The summed E-state index contributed by atoms with van der Waals surface area (Å²) in [5.41, 5.74) is 6.44. The van der Waals surface area contributed by atoms with Crippen molar-refractivity contribution < 1.29 is 8.42 Å². The molecule has 1 aliphatic heterocycles. The first-order valence-corrected chi connectivity index (χ1v) is 10.7. The normalized spacial score (nSPS) is 23.5. The summed E-state index contributed by atoms with van der Waals surface area (Å²) in [6.45, 7) is 6.70. The Bertz CT molecular complexity index is 973. The molecule has 2 atom stereocenters. The molecule has 2 aliphatic rings. The van der Waals surface area contributed by atoms with Crippen LogP contribution in [0.5, 0.6) is 0 Å². The molecule has 3 nitrogen and oxygen atoms in total. The predicted octanol–water partition coefficient (Wildman–Crippen LogP) is 4.42. The molecule has 0 N–H and O–H groups in total. The maximum absolute atomic E-state index is 13.3. The van der Waals surface area contributed by atoms with Crippen LogP contribution in [0.15, 0.2) is 59.0 Å². The first kappa shape index (κ1) is 17.5. The van der Waals surface area contributed by atoms with Gasteiger partial charge in [0, 0.05) is 12.6 Å². The van der Waals surface area contributed by atoms with Gasteiger partial charge in [-0.15, -0.1) is 0 Å². The summed E-state index contributed by atoms with van der Waals surface area (Å²) in [4.78, 5) is 0.391. The van der Waals surface area contributed by atoms with Crippen molar-refractivity contribution in [3.05, 3.63) is 70.8 Å². The first-order valence-electron chi connectivity index (χ1n) is 9.29. The lowest BCUT2D eigenvalue weighted by molar-refractivity contribution is 0.321. The Morgan fingerprint density at radius 3 is 2.38 bits per heavy atom. The molecule has 0 aromatic heterocycles. The summed E-state index contributed by atoms with van der Waals surface area (Å²) in [5, 5.41) is 0. The molecule has 1 aliphatic carbocycles. The van der Waals surface area contributed by atoms with E-state index in [9.17, 15) is 8.42 Å². The Labute approximate surface area is 156 Å². The van der Waals surface area contributed by atoms with Gasteiger partial charge in [-0.3, -0.25) is 0 Å². The molecular weight excluding hydrogens is 342 g/mol. The number of hydrogen-bond acceptors (Lipinski definition) is 2. The zero-order chi connectivity index (χ0) is 18.5. The minimum Gasteiger partial charge on any atom is -0.207 e. The van der Waals surface area contributed by atoms with E-state index >= 15 is 0 Å². The van der Waals surface area contributed by atoms with Crippen molar-refractivity contribution in [3.63, 3.8) is 0 Å². The van der Waals surface area contributed by atoms with Crippen LogP contribution in [0.25, 0.3) is 5.57 Å². The van der Waals surface area contributed by atoms with Crippen molar-refractivity contribution in [3.8, 4) is 0 Å². The van der Waals surface area contributed by atoms with E-state index in [0.717, 1.165) is 18.4 Å². The highest BCUT2D eigenvalue weighted by Gasteiger charge is 2.39. The molecule has 2 aromatic rings. The van der Waals surface area contributed by atoms with Crippen molar-refractivity contribution >= 4 is 15.6 Å². The molecule has 0 spiro atoms. The molecule has 0 saturated carbocycles. The van der Waals surface area contributed by atoms with Gasteiger partial charge in [0.15, 0.2) is 0 Å². The monoisotopic (exact) mass is 367 g/mol. The number of nitrogens with zero attached hydrogens (tertiary/aromatic N) is 1. The van der Waals surface area contributed by atoms with Crippen LogP contribution >= 0.6 is 0 Å². The molecule has 4 heteroatoms. The van der Waals surface area contributed by atoms with Crippen LogP contribution in [-0.2, 0) is 16.4 Å². The Morgan fingerprint density at radius 2 is 1.65 bits per heavy atom. The molecule has 0 unspecified atom stereocenters. The predicted molar refractivity (Wildman–Crippen MR) is 105 cm³/mol. The van der Waals surface area contributed by atoms with Gasteiger partial charge in [-0.25, -0.2) is 8.42 Å². The second-order valence-electron chi connectivity index (χ2n) is 7.56. The Morgan fingerprint density at radius 1 is 0.962 bits per heavy atom. The van der Waals surface area contributed by atoms with Gasteiger partial charge in [-0.05, 0) is 67.0 Å². The van der Waals surface area contributed by atoms with Gasteiger partial charge in [0.05, 0.1) is 4.90 Å². The summed E-state index contributed by atoms with van der Waals surface area (Å²) in [7, 11) is -3.49. The van der Waals surface area contributed by atoms with E-state index in [2.05, 4.69) is 31.2 Å². The van der Waals surface area contributed by atoms with Crippen LogP contribution in [0.4, 0.5) is 0 Å². The highest BCUT2D eigenvalue weighted by Crippen LogP contribution is 2.43. The largest absolute Gasteiger partial charge is 0.243 e. The van der Waals surface area contributed by atoms with Gasteiger partial charge in [0.25, 0.3) is 0 Å². The molecule has 136 valence electrons. The lowest BCUT2D eigenvalue weighted by Gasteiger charge is -2.42. The smallest absolute Gasteiger partial charge is 0.207 e. The third-order valence-corrected chi connectivity index (χ3v) is 7.78. The first-order chi connectivity index (χ1) is 12.4. The van der Waals surface area contributed by atoms with Crippen molar-refractivity contribution in [2.45, 2.75) is 44.6 Å². The lowest BCUT2D eigenvalue weighted by atomic mass is 9.76. The second-order valence-corrected chi connectivity index (χ2v) is 9.45. The fraction of sp³-hybridized carbons (Fsp3) is 0.364. The van der Waals surface area contributed by atoms with Gasteiger partial charge >= 0.3 is 0 Å². The molecule has 4 rings (SSSR count). The van der Waals surface area contributed by atoms with Crippen LogP contribution in [-0.4, -0.2) is 25.3 Å². The number of aryl methyl sites for hydroxylation is 2. The van der Waals surface area contributed by atoms with E-state index in [-0.39, 0.29) is 12.0 Å². The standard InChI is InChI=1S/C22H25NO2S/c1-15-8-11-19(12-9-15)26(24,25)23-14-16(2)22-20(17(23)3)13-10-18-6-4-5-7-21(18)22/h4-9,11-12,16-17H,10,13-14H2,1-3H3/t16-,17+/m0/s1. The third kappa shape index (κ3) is 2.72. The molecule has 0 radical (unpaired) electrons. The third-order valence-electron chi connectivity index (χ3n) is 5.83. The maximum Gasteiger partial charge on any atom is 0.243 e. The van der Waals surface area contributed by atoms with E-state index in [1.165, 1.54) is 22.3 Å². The van der Waals surface area contributed by atoms with Crippen LogP contribution in [0.1, 0.15) is 37.0 Å². The van der Waals surface area contributed by atoms with Crippen molar-refractivity contribution in [1.29, 1.82) is 0 Å². The van der Waals surface area contributed by atoms with Gasteiger partial charge in [-0.2, -0.15) is 4.31 Å². The minimum absolute atomic E-state index is 0.0964. The minimum atomic E-state index is -3.49. The highest BCUT2D eigenvalue weighted by atomic mass is 32.2. The van der Waals surface area contributed by atoms with Crippen LogP contribution < -0.4 is 0 Å². The topological polar surface area (TPSA) is 37.4 Å². The second kappa shape index (κ2) is 6.36. The molecule has 0 saturated heterocycles. The Kier molecular flexibility index (Phi) is 4.28. The van der Waals surface area contributed by atoms with E-state index in [1.54, 1.807) is 16.4 Å². The van der Waals surface area contributed by atoms with E-state index in [4.69, 9.17) is 0 Å². The van der Waals surface area contributed by atoms with Crippen molar-refractivity contribution in [2.24, 2.45) is 5.92 Å². The number of hydrogen-bond donors (Lipinski definition) is 0. The summed E-state index contributed by atoms with van der Waals surface area (Å²) < 4.78 is 28.3. The van der Waals surface area contributed by atoms with Gasteiger partial charge in [0.2, 0.25) is 10.0 Å².